The van der Waals surface area contributed by atoms with Gasteiger partial charge in [-0.2, -0.15) is 0 Å². The van der Waals surface area contributed by atoms with Crippen LogP contribution in [-0.4, -0.2) is 18.8 Å². The van der Waals surface area contributed by atoms with Crippen LogP contribution >= 0.6 is 0 Å². The second kappa shape index (κ2) is 5.05. The minimum absolute atomic E-state index is 0.0268. The van der Waals surface area contributed by atoms with Crippen molar-refractivity contribution in [2.24, 2.45) is 5.41 Å². The third-order valence-corrected chi connectivity index (χ3v) is 3.79. The molecule has 1 aromatic carbocycles. The molecule has 1 N–H and O–H groups in total. The molecule has 0 bridgehead atoms. The smallest absolute Gasteiger partial charge is 0.165 e. The van der Waals surface area contributed by atoms with Crippen LogP contribution in [0.25, 0.3) is 0 Å². The Morgan fingerprint density at radius 1 is 1.35 bits per heavy atom. The summed E-state index contributed by atoms with van der Waals surface area (Å²) in [7, 11) is 1.46. The molecule has 94 valence electrons. The molecule has 0 atom stereocenters. The molecule has 17 heavy (non-hydrogen) atoms. The van der Waals surface area contributed by atoms with E-state index in [0.717, 1.165) is 24.8 Å². The number of hydrogen-bond acceptors (Lipinski definition) is 2. The molecule has 0 unspecified atom stereocenters. The van der Waals surface area contributed by atoms with Gasteiger partial charge in [-0.15, -0.1) is 0 Å². The summed E-state index contributed by atoms with van der Waals surface area (Å²) < 4.78 is 18.5. The van der Waals surface area contributed by atoms with Crippen LogP contribution in [0.5, 0.6) is 5.75 Å². The lowest BCUT2D eigenvalue weighted by Crippen LogP contribution is -2.24. The first-order valence-electron chi connectivity index (χ1n) is 6.12. The molecule has 3 heteroatoms. The minimum Gasteiger partial charge on any atom is -0.494 e. The lowest BCUT2D eigenvalue weighted by molar-refractivity contribution is 0.130. The standard InChI is InChI=1S/C14H19FO2/c1-17-13-5-4-11(8-12(13)15)9-14(10-16)6-2-3-7-14/h4-5,8,16H,2-3,6-7,9-10H2,1H3. The zero-order chi connectivity index (χ0) is 12.3. The van der Waals surface area contributed by atoms with Crippen molar-refractivity contribution in [3.05, 3.63) is 29.6 Å². The Balaban J connectivity index is 2.15. The second-order valence-corrected chi connectivity index (χ2v) is 5.01. The van der Waals surface area contributed by atoms with Crippen LogP contribution in [0.15, 0.2) is 18.2 Å². The molecule has 2 nitrogen and oxygen atoms in total. The van der Waals surface area contributed by atoms with Crippen molar-refractivity contribution in [2.75, 3.05) is 13.7 Å². The van der Waals surface area contributed by atoms with E-state index >= 15 is 0 Å². The van der Waals surface area contributed by atoms with Crippen LogP contribution in [0.1, 0.15) is 31.2 Å². The zero-order valence-corrected chi connectivity index (χ0v) is 10.2. The zero-order valence-electron chi connectivity index (χ0n) is 10.2. The second-order valence-electron chi connectivity index (χ2n) is 5.01. The third kappa shape index (κ3) is 2.60. The fourth-order valence-corrected chi connectivity index (χ4v) is 2.77. The predicted octanol–water partition coefficient (Wildman–Crippen LogP) is 2.93. The maximum absolute atomic E-state index is 13.6. The molecular weight excluding hydrogens is 219 g/mol. The highest BCUT2D eigenvalue weighted by Gasteiger charge is 2.33. The molecule has 2 rings (SSSR count). The van der Waals surface area contributed by atoms with Gasteiger partial charge in [0.2, 0.25) is 0 Å². The first-order valence-corrected chi connectivity index (χ1v) is 6.12. The van der Waals surface area contributed by atoms with E-state index < -0.39 is 0 Å². The van der Waals surface area contributed by atoms with E-state index in [0.29, 0.717) is 0 Å². The highest BCUT2D eigenvalue weighted by Crippen LogP contribution is 2.40. The van der Waals surface area contributed by atoms with Crippen LogP contribution in [0, 0.1) is 11.2 Å². The Kier molecular flexibility index (Phi) is 3.67. The van der Waals surface area contributed by atoms with E-state index in [4.69, 9.17) is 4.74 Å². The van der Waals surface area contributed by atoms with Gasteiger partial charge in [0.15, 0.2) is 11.6 Å². The fourth-order valence-electron chi connectivity index (χ4n) is 2.77. The number of hydrogen-bond donors (Lipinski definition) is 1. The van der Waals surface area contributed by atoms with Gasteiger partial charge in [0.1, 0.15) is 0 Å². The van der Waals surface area contributed by atoms with E-state index in [1.807, 2.05) is 6.07 Å². The molecular formula is C14H19FO2. The molecule has 0 radical (unpaired) electrons. The minimum atomic E-state index is -0.323. The molecule has 1 aliphatic rings. The van der Waals surface area contributed by atoms with Gasteiger partial charge in [-0.3, -0.25) is 0 Å². The SMILES string of the molecule is COc1ccc(CC2(CO)CCCC2)cc1F. The van der Waals surface area contributed by atoms with Crippen LogP contribution in [0.3, 0.4) is 0 Å². The number of methoxy groups -OCH3 is 1. The first-order chi connectivity index (χ1) is 8.19. The monoisotopic (exact) mass is 238 g/mol. The summed E-state index contributed by atoms with van der Waals surface area (Å²) in [5, 5.41) is 9.53. The number of aliphatic hydroxyl groups excluding tert-OH is 1. The summed E-state index contributed by atoms with van der Waals surface area (Å²) in [6.45, 7) is 0.195. The van der Waals surface area contributed by atoms with Crippen molar-refractivity contribution in [1.82, 2.24) is 0 Å². The Morgan fingerprint density at radius 3 is 2.59 bits per heavy atom. The fraction of sp³-hybridized carbons (Fsp3) is 0.571. The predicted molar refractivity (Wildman–Crippen MR) is 64.6 cm³/mol. The number of rotatable bonds is 4. The van der Waals surface area contributed by atoms with Gasteiger partial charge in [0.25, 0.3) is 0 Å². The molecule has 0 amide bonds. The first kappa shape index (κ1) is 12.4. The van der Waals surface area contributed by atoms with E-state index in [9.17, 15) is 9.50 Å². The molecule has 0 aromatic heterocycles. The van der Waals surface area contributed by atoms with Crippen molar-refractivity contribution < 1.29 is 14.2 Å². The molecule has 1 saturated carbocycles. The average Bonchev–Trinajstić information content (AvgIpc) is 2.79. The maximum Gasteiger partial charge on any atom is 0.165 e. The normalized spacial score (nSPS) is 18.3. The summed E-state index contributed by atoms with van der Waals surface area (Å²) in [5.74, 6) is -0.0469. The van der Waals surface area contributed by atoms with Gasteiger partial charge in [-0.1, -0.05) is 18.9 Å². The van der Waals surface area contributed by atoms with E-state index in [-0.39, 0.29) is 23.6 Å². The number of aliphatic hydroxyl groups is 1. The average molecular weight is 238 g/mol. The molecule has 0 saturated heterocycles. The van der Waals surface area contributed by atoms with Crippen molar-refractivity contribution >= 4 is 0 Å². The Morgan fingerprint density at radius 2 is 2.06 bits per heavy atom. The van der Waals surface area contributed by atoms with Gasteiger partial charge in [-0.05, 0) is 42.4 Å². The molecule has 1 aromatic rings. The lowest BCUT2D eigenvalue weighted by atomic mass is 9.81. The Bertz CT molecular complexity index is 384. The van der Waals surface area contributed by atoms with Gasteiger partial charge < -0.3 is 9.84 Å². The van der Waals surface area contributed by atoms with Gasteiger partial charge in [-0.25, -0.2) is 4.39 Å². The largest absolute Gasteiger partial charge is 0.494 e. The quantitative estimate of drug-likeness (QED) is 0.874. The molecule has 0 spiro atoms. The third-order valence-electron chi connectivity index (χ3n) is 3.79. The van der Waals surface area contributed by atoms with Crippen LogP contribution in [-0.2, 0) is 6.42 Å². The number of halogens is 1. The van der Waals surface area contributed by atoms with Crippen molar-refractivity contribution in [3.8, 4) is 5.75 Å². The summed E-state index contributed by atoms with van der Waals surface area (Å²) >= 11 is 0. The summed E-state index contributed by atoms with van der Waals surface area (Å²) in [5.41, 5.74) is 0.917. The number of ether oxygens (including phenoxy) is 1. The van der Waals surface area contributed by atoms with E-state index in [1.165, 1.54) is 26.0 Å². The van der Waals surface area contributed by atoms with Crippen molar-refractivity contribution in [3.63, 3.8) is 0 Å². The van der Waals surface area contributed by atoms with Gasteiger partial charge in [0.05, 0.1) is 7.11 Å². The molecule has 0 heterocycles. The molecule has 1 aliphatic carbocycles. The van der Waals surface area contributed by atoms with Crippen molar-refractivity contribution in [1.29, 1.82) is 0 Å². The Labute approximate surface area is 101 Å². The summed E-state index contributed by atoms with van der Waals surface area (Å²) in [6.07, 6.45) is 5.16. The van der Waals surface area contributed by atoms with Crippen LogP contribution in [0.2, 0.25) is 0 Å². The van der Waals surface area contributed by atoms with E-state index in [2.05, 4.69) is 0 Å². The number of benzene rings is 1. The van der Waals surface area contributed by atoms with Gasteiger partial charge >= 0.3 is 0 Å². The van der Waals surface area contributed by atoms with Crippen LogP contribution < -0.4 is 4.74 Å². The molecule has 1 fully saturated rings. The van der Waals surface area contributed by atoms with Gasteiger partial charge in [0, 0.05) is 6.61 Å². The summed E-state index contributed by atoms with van der Waals surface area (Å²) in [6, 6.07) is 5.07. The van der Waals surface area contributed by atoms with E-state index in [1.54, 1.807) is 6.07 Å². The topological polar surface area (TPSA) is 29.5 Å². The van der Waals surface area contributed by atoms with Crippen LogP contribution in [0.4, 0.5) is 4.39 Å². The highest BCUT2D eigenvalue weighted by atomic mass is 19.1. The van der Waals surface area contributed by atoms with Crippen molar-refractivity contribution in [2.45, 2.75) is 32.1 Å². The highest BCUT2D eigenvalue weighted by molar-refractivity contribution is 5.30. The molecule has 0 aliphatic heterocycles. The summed E-state index contributed by atoms with van der Waals surface area (Å²) in [4.78, 5) is 0. The Hall–Kier alpha value is -1.09. The lowest BCUT2D eigenvalue weighted by Gasteiger charge is -2.26. The maximum atomic E-state index is 13.6.